The molecular formula is C15H12N2O. The standard InChI is InChI=1S/C15H12N2O/c18-15-13(11-7-3-1-4-8-11)14(16-17-15)12-9-5-2-6-10-12/h1-10,13H,(H,17,18). The molecule has 1 aliphatic rings. The summed E-state index contributed by atoms with van der Waals surface area (Å²) in [5.74, 6) is -0.381. The number of hydrogen-bond acceptors (Lipinski definition) is 2. The Morgan fingerprint density at radius 3 is 2.17 bits per heavy atom. The molecular weight excluding hydrogens is 224 g/mol. The molecule has 3 rings (SSSR count). The van der Waals surface area contributed by atoms with E-state index >= 15 is 0 Å². The molecule has 1 N–H and O–H groups in total. The van der Waals surface area contributed by atoms with Gasteiger partial charge < -0.3 is 0 Å². The lowest BCUT2D eigenvalue weighted by molar-refractivity contribution is -0.120. The highest BCUT2D eigenvalue weighted by Crippen LogP contribution is 2.25. The molecule has 0 bridgehead atoms. The third-order valence-electron chi connectivity index (χ3n) is 3.02. The van der Waals surface area contributed by atoms with Crippen LogP contribution in [-0.2, 0) is 4.79 Å². The Kier molecular flexibility index (Phi) is 2.65. The highest BCUT2D eigenvalue weighted by molar-refractivity contribution is 6.20. The molecule has 0 aliphatic carbocycles. The molecule has 0 radical (unpaired) electrons. The van der Waals surface area contributed by atoms with Crippen LogP contribution >= 0.6 is 0 Å². The molecule has 0 saturated carbocycles. The molecule has 0 aromatic heterocycles. The Morgan fingerprint density at radius 2 is 1.50 bits per heavy atom. The van der Waals surface area contributed by atoms with Crippen molar-refractivity contribution in [3.05, 3.63) is 71.8 Å². The maximum Gasteiger partial charge on any atom is 0.253 e. The normalized spacial score (nSPS) is 18.3. The fourth-order valence-corrected chi connectivity index (χ4v) is 2.16. The van der Waals surface area contributed by atoms with Gasteiger partial charge in [0.25, 0.3) is 5.91 Å². The van der Waals surface area contributed by atoms with Crippen molar-refractivity contribution in [1.29, 1.82) is 0 Å². The van der Waals surface area contributed by atoms with Crippen LogP contribution in [0, 0.1) is 0 Å². The fraction of sp³-hybridized carbons (Fsp3) is 0.0667. The predicted octanol–water partition coefficient (Wildman–Crippen LogP) is 2.30. The van der Waals surface area contributed by atoms with Crippen LogP contribution in [0.3, 0.4) is 0 Å². The number of nitrogens with zero attached hydrogens (tertiary/aromatic N) is 1. The van der Waals surface area contributed by atoms with Crippen molar-refractivity contribution in [3.8, 4) is 0 Å². The summed E-state index contributed by atoms with van der Waals surface area (Å²) in [6, 6.07) is 19.5. The van der Waals surface area contributed by atoms with Gasteiger partial charge in [-0.15, -0.1) is 0 Å². The molecule has 3 nitrogen and oxygen atoms in total. The molecule has 1 aliphatic heterocycles. The SMILES string of the molecule is O=C1NN=C(c2ccccc2)C1c1ccccc1. The molecule has 1 atom stereocenters. The van der Waals surface area contributed by atoms with Crippen molar-refractivity contribution in [2.45, 2.75) is 5.92 Å². The lowest BCUT2D eigenvalue weighted by Crippen LogP contribution is -2.21. The average Bonchev–Trinajstić information content (AvgIpc) is 2.83. The highest BCUT2D eigenvalue weighted by atomic mass is 16.2. The van der Waals surface area contributed by atoms with Gasteiger partial charge in [-0.1, -0.05) is 60.7 Å². The van der Waals surface area contributed by atoms with E-state index in [0.29, 0.717) is 0 Å². The quantitative estimate of drug-likeness (QED) is 0.854. The second-order valence-corrected chi connectivity index (χ2v) is 4.18. The maximum absolute atomic E-state index is 11.9. The molecule has 18 heavy (non-hydrogen) atoms. The minimum absolute atomic E-state index is 0.0694. The van der Waals surface area contributed by atoms with Crippen molar-refractivity contribution in [1.82, 2.24) is 5.43 Å². The highest BCUT2D eigenvalue weighted by Gasteiger charge is 2.31. The van der Waals surface area contributed by atoms with Crippen LogP contribution in [0.5, 0.6) is 0 Å². The van der Waals surface area contributed by atoms with Crippen molar-refractivity contribution in [2.24, 2.45) is 5.10 Å². The summed E-state index contributed by atoms with van der Waals surface area (Å²) in [5, 5.41) is 4.16. The number of carbonyl (C=O) groups is 1. The molecule has 0 saturated heterocycles. The second kappa shape index (κ2) is 4.45. The van der Waals surface area contributed by atoms with E-state index in [1.807, 2.05) is 60.7 Å². The van der Waals surface area contributed by atoms with Crippen LogP contribution in [0.25, 0.3) is 0 Å². The zero-order valence-electron chi connectivity index (χ0n) is 9.71. The van der Waals surface area contributed by atoms with E-state index in [1.54, 1.807) is 0 Å². The van der Waals surface area contributed by atoms with Gasteiger partial charge in [0.15, 0.2) is 0 Å². The van der Waals surface area contributed by atoms with Gasteiger partial charge in [-0.3, -0.25) is 4.79 Å². The first-order valence-corrected chi connectivity index (χ1v) is 5.84. The number of hydrogen-bond donors (Lipinski definition) is 1. The van der Waals surface area contributed by atoms with E-state index in [9.17, 15) is 4.79 Å². The van der Waals surface area contributed by atoms with E-state index in [0.717, 1.165) is 16.8 Å². The minimum Gasteiger partial charge on any atom is -0.272 e. The fourth-order valence-electron chi connectivity index (χ4n) is 2.16. The van der Waals surface area contributed by atoms with Crippen molar-refractivity contribution < 1.29 is 4.79 Å². The molecule has 2 aromatic carbocycles. The van der Waals surface area contributed by atoms with Crippen LogP contribution in [-0.4, -0.2) is 11.6 Å². The maximum atomic E-state index is 11.9. The van der Waals surface area contributed by atoms with Gasteiger partial charge in [0.2, 0.25) is 0 Å². The average molecular weight is 236 g/mol. The summed E-state index contributed by atoms with van der Waals surface area (Å²) in [6.07, 6.45) is 0. The molecule has 3 heteroatoms. The third kappa shape index (κ3) is 1.80. The number of amides is 1. The summed E-state index contributed by atoms with van der Waals surface area (Å²) < 4.78 is 0. The van der Waals surface area contributed by atoms with Gasteiger partial charge in [0.05, 0.1) is 5.71 Å². The topological polar surface area (TPSA) is 41.5 Å². The van der Waals surface area contributed by atoms with E-state index in [-0.39, 0.29) is 11.8 Å². The summed E-state index contributed by atoms with van der Waals surface area (Å²) in [5.41, 5.74) is 5.29. The Balaban J connectivity index is 2.03. The van der Waals surface area contributed by atoms with Gasteiger partial charge in [0, 0.05) is 0 Å². The van der Waals surface area contributed by atoms with Gasteiger partial charge in [0.1, 0.15) is 5.92 Å². The van der Waals surface area contributed by atoms with Gasteiger partial charge in [-0.05, 0) is 11.1 Å². The third-order valence-corrected chi connectivity index (χ3v) is 3.02. The zero-order chi connectivity index (χ0) is 12.4. The number of carbonyl (C=O) groups excluding carboxylic acids is 1. The Labute approximate surface area is 105 Å². The van der Waals surface area contributed by atoms with Crippen molar-refractivity contribution in [3.63, 3.8) is 0 Å². The summed E-state index contributed by atoms with van der Waals surface area (Å²) in [4.78, 5) is 11.9. The van der Waals surface area contributed by atoms with Crippen LogP contribution in [0.2, 0.25) is 0 Å². The molecule has 1 unspecified atom stereocenters. The molecule has 1 heterocycles. The van der Waals surface area contributed by atoms with Crippen LogP contribution in [0.4, 0.5) is 0 Å². The number of rotatable bonds is 2. The first-order chi connectivity index (χ1) is 8.86. The summed E-state index contributed by atoms with van der Waals surface area (Å²) in [7, 11) is 0. The molecule has 1 amide bonds. The molecule has 0 spiro atoms. The Hall–Kier alpha value is -2.42. The van der Waals surface area contributed by atoms with Crippen LogP contribution in [0.15, 0.2) is 65.8 Å². The van der Waals surface area contributed by atoms with Crippen molar-refractivity contribution in [2.75, 3.05) is 0 Å². The van der Waals surface area contributed by atoms with Crippen molar-refractivity contribution >= 4 is 11.6 Å². The smallest absolute Gasteiger partial charge is 0.253 e. The zero-order valence-corrected chi connectivity index (χ0v) is 9.71. The molecule has 0 fully saturated rings. The van der Waals surface area contributed by atoms with E-state index < -0.39 is 0 Å². The number of hydrazone groups is 1. The largest absolute Gasteiger partial charge is 0.272 e. The lowest BCUT2D eigenvalue weighted by Gasteiger charge is -2.10. The predicted molar refractivity (Wildman–Crippen MR) is 70.3 cm³/mol. The summed E-state index contributed by atoms with van der Waals surface area (Å²) in [6.45, 7) is 0. The monoisotopic (exact) mass is 236 g/mol. The van der Waals surface area contributed by atoms with Crippen LogP contribution < -0.4 is 5.43 Å². The first kappa shape index (κ1) is 10.7. The Bertz CT molecular complexity index is 590. The summed E-state index contributed by atoms with van der Waals surface area (Å²) >= 11 is 0. The van der Waals surface area contributed by atoms with Gasteiger partial charge in [-0.25, -0.2) is 5.43 Å². The van der Waals surface area contributed by atoms with Crippen LogP contribution in [0.1, 0.15) is 17.0 Å². The van der Waals surface area contributed by atoms with E-state index in [1.165, 1.54) is 0 Å². The lowest BCUT2D eigenvalue weighted by atomic mass is 9.90. The molecule has 88 valence electrons. The van der Waals surface area contributed by atoms with E-state index in [4.69, 9.17) is 0 Å². The van der Waals surface area contributed by atoms with Gasteiger partial charge in [-0.2, -0.15) is 5.10 Å². The minimum atomic E-state index is -0.311. The second-order valence-electron chi connectivity index (χ2n) is 4.18. The van der Waals surface area contributed by atoms with Gasteiger partial charge >= 0.3 is 0 Å². The Morgan fingerprint density at radius 1 is 0.889 bits per heavy atom. The number of nitrogens with one attached hydrogen (secondary N) is 1. The molecule has 2 aromatic rings. The first-order valence-electron chi connectivity index (χ1n) is 5.84. The van der Waals surface area contributed by atoms with E-state index in [2.05, 4.69) is 10.5 Å². The number of benzene rings is 2.